The first-order chi connectivity index (χ1) is 8.00. The maximum Gasteiger partial charge on any atom is 0.487 e. The van der Waals surface area contributed by atoms with Gasteiger partial charge in [0.05, 0.1) is 0 Å². The summed E-state index contributed by atoms with van der Waals surface area (Å²) in [6.45, 7) is 3.68. The molecule has 0 saturated carbocycles. The summed E-state index contributed by atoms with van der Waals surface area (Å²) < 4.78 is 28.8. The normalized spacial score (nSPS) is 11.5. The van der Waals surface area contributed by atoms with E-state index in [4.69, 9.17) is 0 Å². The fraction of sp³-hybridized carbons (Fsp3) is 0.143. The number of halogens is 2. The monoisotopic (exact) mass is 248 g/mol. The van der Waals surface area contributed by atoms with Gasteiger partial charge in [0.2, 0.25) is 0 Å². The average molecular weight is 248 g/mol. The molecule has 0 aliphatic heterocycles. The van der Waals surface area contributed by atoms with Crippen LogP contribution in [0, 0.1) is 13.8 Å². The Bertz CT molecular complexity index is 488. The van der Waals surface area contributed by atoms with Crippen LogP contribution in [0.5, 0.6) is 0 Å². The van der Waals surface area contributed by atoms with Crippen LogP contribution in [0.25, 0.3) is 0 Å². The minimum Gasteiger partial charge on any atom is -0.260 e. The molecular formula is C14H14F2Si. The van der Waals surface area contributed by atoms with Crippen LogP contribution in [0.15, 0.2) is 48.5 Å². The molecule has 0 nitrogen and oxygen atoms in total. The summed E-state index contributed by atoms with van der Waals surface area (Å²) in [5.74, 6) is 0. The van der Waals surface area contributed by atoms with Crippen molar-refractivity contribution in [3.63, 3.8) is 0 Å². The van der Waals surface area contributed by atoms with Crippen molar-refractivity contribution in [3.8, 4) is 0 Å². The van der Waals surface area contributed by atoms with Gasteiger partial charge in [0.1, 0.15) is 0 Å². The van der Waals surface area contributed by atoms with E-state index in [2.05, 4.69) is 0 Å². The van der Waals surface area contributed by atoms with Gasteiger partial charge in [0.25, 0.3) is 0 Å². The molecule has 0 N–H and O–H groups in total. The highest BCUT2D eigenvalue weighted by Crippen LogP contribution is 2.10. The number of hydrogen-bond acceptors (Lipinski definition) is 0. The van der Waals surface area contributed by atoms with Gasteiger partial charge in [0, 0.05) is 10.4 Å². The molecule has 0 aliphatic carbocycles. The summed E-state index contributed by atoms with van der Waals surface area (Å²) in [7, 11) is -4.52. The minimum absolute atomic E-state index is 0.183. The van der Waals surface area contributed by atoms with E-state index >= 15 is 0 Å². The van der Waals surface area contributed by atoms with E-state index in [1.54, 1.807) is 24.3 Å². The third-order valence-electron chi connectivity index (χ3n) is 2.76. The summed E-state index contributed by atoms with van der Waals surface area (Å²) in [4.78, 5) is 0. The van der Waals surface area contributed by atoms with Gasteiger partial charge in [-0.2, -0.15) is 0 Å². The zero-order valence-corrected chi connectivity index (χ0v) is 10.9. The molecule has 0 heterocycles. The molecule has 2 aromatic rings. The first kappa shape index (κ1) is 12.0. The molecule has 0 aromatic heterocycles. The topological polar surface area (TPSA) is 0 Å². The summed E-state index contributed by atoms with van der Waals surface area (Å²) in [5, 5.41) is 0.367. The van der Waals surface area contributed by atoms with E-state index in [-0.39, 0.29) is 10.4 Å². The molecule has 0 saturated heterocycles. The molecule has 2 aromatic carbocycles. The lowest BCUT2D eigenvalue weighted by atomic mass is 10.2. The molecule has 0 amide bonds. The van der Waals surface area contributed by atoms with Gasteiger partial charge in [0.15, 0.2) is 0 Å². The smallest absolute Gasteiger partial charge is 0.260 e. The Hall–Kier alpha value is -1.48. The number of aryl methyl sites for hydroxylation is 2. The van der Waals surface area contributed by atoms with Crippen LogP contribution in [-0.4, -0.2) is 8.74 Å². The van der Waals surface area contributed by atoms with Gasteiger partial charge in [-0.25, -0.2) is 0 Å². The van der Waals surface area contributed by atoms with Crippen molar-refractivity contribution in [1.29, 1.82) is 0 Å². The minimum atomic E-state index is -4.52. The molecule has 0 radical (unpaired) electrons. The lowest BCUT2D eigenvalue weighted by Gasteiger charge is -2.14. The lowest BCUT2D eigenvalue weighted by molar-refractivity contribution is 0.654. The van der Waals surface area contributed by atoms with Crippen LogP contribution in [-0.2, 0) is 0 Å². The van der Waals surface area contributed by atoms with Crippen LogP contribution in [0.3, 0.4) is 0 Å². The first-order valence-electron chi connectivity index (χ1n) is 5.52. The van der Waals surface area contributed by atoms with E-state index in [9.17, 15) is 8.22 Å². The van der Waals surface area contributed by atoms with Crippen molar-refractivity contribution < 1.29 is 8.22 Å². The largest absolute Gasteiger partial charge is 0.487 e. The number of benzene rings is 2. The Labute approximate surface area is 101 Å². The maximum atomic E-state index is 14.4. The zero-order chi connectivity index (χ0) is 12.5. The summed E-state index contributed by atoms with van der Waals surface area (Å²) in [6, 6.07) is 13.3. The predicted octanol–water partition coefficient (Wildman–Crippen LogP) is 2.80. The molecular weight excluding hydrogens is 234 g/mol. The molecule has 17 heavy (non-hydrogen) atoms. The van der Waals surface area contributed by atoms with Gasteiger partial charge in [-0.15, -0.1) is 0 Å². The van der Waals surface area contributed by atoms with Gasteiger partial charge in [-0.1, -0.05) is 59.7 Å². The highest BCUT2D eigenvalue weighted by atomic mass is 28.4. The standard InChI is InChI=1S/C14H14F2Si/c1-11-5-3-7-13(9-11)17(15,16)14-8-4-6-12(2)10-14/h3-10H,1-2H3. The van der Waals surface area contributed by atoms with Crippen LogP contribution < -0.4 is 10.4 Å². The van der Waals surface area contributed by atoms with E-state index in [1.807, 2.05) is 26.0 Å². The van der Waals surface area contributed by atoms with Crippen LogP contribution in [0.4, 0.5) is 8.22 Å². The van der Waals surface area contributed by atoms with Crippen molar-refractivity contribution in [2.45, 2.75) is 13.8 Å². The van der Waals surface area contributed by atoms with Gasteiger partial charge >= 0.3 is 8.74 Å². The van der Waals surface area contributed by atoms with Gasteiger partial charge in [-0.3, -0.25) is 8.22 Å². The molecule has 0 spiro atoms. The molecule has 0 unspecified atom stereocenters. The fourth-order valence-corrected chi connectivity index (χ4v) is 3.61. The quantitative estimate of drug-likeness (QED) is 0.566. The highest BCUT2D eigenvalue weighted by Gasteiger charge is 2.40. The van der Waals surface area contributed by atoms with Gasteiger partial charge < -0.3 is 0 Å². The third kappa shape index (κ3) is 2.44. The Morgan fingerprint density at radius 3 is 1.53 bits per heavy atom. The lowest BCUT2D eigenvalue weighted by Crippen LogP contribution is -2.50. The molecule has 3 heteroatoms. The zero-order valence-electron chi connectivity index (χ0n) is 9.87. The predicted molar refractivity (Wildman–Crippen MR) is 69.6 cm³/mol. The van der Waals surface area contributed by atoms with E-state index < -0.39 is 8.74 Å². The van der Waals surface area contributed by atoms with E-state index in [1.165, 1.54) is 12.1 Å². The second-order valence-corrected chi connectivity index (χ2v) is 6.62. The Morgan fingerprint density at radius 1 is 0.765 bits per heavy atom. The van der Waals surface area contributed by atoms with Crippen LogP contribution >= 0.6 is 0 Å². The second kappa shape index (κ2) is 4.41. The number of hydrogen-bond donors (Lipinski definition) is 0. The van der Waals surface area contributed by atoms with Crippen molar-refractivity contribution in [3.05, 3.63) is 59.7 Å². The Morgan fingerprint density at radius 2 is 1.18 bits per heavy atom. The SMILES string of the molecule is Cc1cccc([Si](F)(F)c2cccc(C)c2)c1. The molecule has 0 bridgehead atoms. The molecule has 2 rings (SSSR count). The van der Waals surface area contributed by atoms with Crippen molar-refractivity contribution in [2.24, 2.45) is 0 Å². The van der Waals surface area contributed by atoms with E-state index in [0.717, 1.165) is 11.1 Å². The third-order valence-corrected chi connectivity index (χ3v) is 4.83. The number of rotatable bonds is 2. The van der Waals surface area contributed by atoms with Crippen LogP contribution in [0.1, 0.15) is 11.1 Å². The van der Waals surface area contributed by atoms with Gasteiger partial charge in [-0.05, 0) is 13.8 Å². The highest BCUT2D eigenvalue weighted by molar-refractivity contribution is 6.91. The molecule has 88 valence electrons. The molecule has 0 atom stereocenters. The van der Waals surface area contributed by atoms with Crippen molar-refractivity contribution >= 4 is 19.1 Å². The Balaban J connectivity index is 2.49. The maximum absolute atomic E-state index is 14.4. The summed E-state index contributed by atoms with van der Waals surface area (Å²) >= 11 is 0. The second-order valence-electron chi connectivity index (χ2n) is 4.31. The first-order valence-corrected chi connectivity index (χ1v) is 7.28. The van der Waals surface area contributed by atoms with E-state index in [0.29, 0.717) is 0 Å². The van der Waals surface area contributed by atoms with Crippen LogP contribution in [0.2, 0.25) is 0 Å². The fourth-order valence-electron chi connectivity index (χ4n) is 1.85. The van der Waals surface area contributed by atoms with Crippen molar-refractivity contribution in [1.82, 2.24) is 0 Å². The summed E-state index contributed by atoms with van der Waals surface area (Å²) in [5.41, 5.74) is 1.75. The molecule has 0 fully saturated rings. The average Bonchev–Trinajstić information content (AvgIpc) is 2.29. The van der Waals surface area contributed by atoms with Crippen molar-refractivity contribution in [2.75, 3.05) is 0 Å². The Kier molecular flexibility index (Phi) is 3.11. The summed E-state index contributed by atoms with van der Waals surface area (Å²) in [6.07, 6.45) is 0. The molecule has 0 aliphatic rings.